The Balaban J connectivity index is 2.92. The molecule has 0 aliphatic carbocycles. The van der Waals surface area contributed by atoms with Crippen molar-refractivity contribution < 1.29 is 28.9 Å². The minimum Gasteiger partial charge on any atom is -0.494 e. The molecule has 1 rings (SSSR count). The summed E-state index contributed by atoms with van der Waals surface area (Å²) in [5.74, 6) is -2.63. The molecule has 6 nitrogen and oxygen atoms in total. The van der Waals surface area contributed by atoms with E-state index in [0.717, 1.165) is 6.07 Å². The third-order valence-corrected chi connectivity index (χ3v) is 3.98. The highest BCUT2D eigenvalue weighted by Crippen LogP contribution is 2.25. The number of rotatable bonds is 10. The Labute approximate surface area is 147 Å². The molecule has 0 bridgehead atoms. The zero-order valence-electron chi connectivity index (χ0n) is 14.8. The van der Waals surface area contributed by atoms with Crippen LogP contribution in [0.2, 0.25) is 0 Å². The number of carbonyl (C=O) groups is 2. The number of benzene rings is 1. The van der Waals surface area contributed by atoms with Crippen molar-refractivity contribution in [3.8, 4) is 5.75 Å². The maximum atomic E-state index is 13.8. The molecule has 3 N–H and O–H groups in total. The van der Waals surface area contributed by atoms with Gasteiger partial charge in [0.25, 0.3) is 0 Å². The smallest absolute Gasteiger partial charge is 0.330 e. The average Bonchev–Trinajstić information content (AvgIpc) is 2.52. The van der Waals surface area contributed by atoms with E-state index in [4.69, 9.17) is 4.74 Å². The molecule has 140 valence electrons. The van der Waals surface area contributed by atoms with Crippen LogP contribution in [-0.2, 0) is 9.59 Å². The molecule has 0 saturated carbocycles. The van der Waals surface area contributed by atoms with E-state index >= 15 is 0 Å². The van der Waals surface area contributed by atoms with E-state index in [2.05, 4.69) is 5.32 Å². The number of aliphatic hydroxyl groups is 1. The van der Waals surface area contributed by atoms with Gasteiger partial charge in [0.05, 0.1) is 19.1 Å². The molecule has 1 aromatic rings. The molecule has 0 spiro atoms. The maximum Gasteiger partial charge on any atom is 0.330 e. The molecule has 1 aromatic carbocycles. The van der Waals surface area contributed by atoms with Crippen LogP contribution in [0.25, 0.3) is 0 Å². The quantitative estimate of drug-likeness (QED) is 0.600. The second kappa shape index (κ2) is 9.36. The van der Waals surface area contributed by atoms with Crippen LogP contribution < -0.4 is 10.1 Å². The summed E-state index contributed by atoms with van der Waals surface area (Å²) in [6, 6.07) is 2.30. The lowest BCUT2D eigenvalue weighted by atomic mass is 9.89. The Morgan fingerprint density at radius 1 is 1.28 bits per heavy atom. The maximum absolute atomic E-state index is 13.8. The van der Waals surface area contributed by atoms with Crippen molar-refractivity contribution in [2.24, 2.45) is 0 Å². The number of ether oxygens (including phenoxy) is 1. The van der Waals surface area contributed by atoms with Gasteiger partial charge in [0, 0.05) is 0 Å². The fraction of sp³-hybridized carbons (Fsp3) is 0.556. The van der Waals surface area contributed by atoms with Crippen molar-refractivity contribution in [2.75, 3.05) is 7.11 Å². The van der Waals surface area contributed by atoms with Gasteiger partial charge < -0.3 is 20.3 Å². The van der Waals surface area contributed by atoms with Gasteiger partial charge in [-0.15, -0.1) is 0 Å². The van der Waals surface area contributed by atoms with Gasteiger partial charge in [-0.3, -0.25) is 4.79 Å². The van der Waals surface area contributed by atoms with Gasteiger partial charge in [-0.2, -0.15) is 0 Å². The van der Waals surface area contributed by atoms with Crippen LogP contribution in [0.3, 0.4) is 0 Å². The van der Waals surface area contributed by atoms with Crippen LogP contribution in [0.15, 0.2) is 18.2 Å². The highest BCUT2D eigenvalue weighted by Gasteiger charge is 2.31. The average molecular weight is 355 g/mol. The van der Waals surface area contributed by atoms with E-state index in [1.807, 2.05) is 13.8 Å². The number of hydrogen-bond donors (Lipinski definition) is 3. The van der Waals surface area contributed by atoms with Gasteiger partial charge in [-0.25, -0.2) is 9.18 Å². The summed E-state index contributed by atoms with van der Waals surface area (Å²) in [5, 5.41) is 22.3. The predicted octanol–water partition coefficient (Wildman–Crippen LogP) is 2.80. The number of carboxylic acids is 1. The van der Waals surface area contributed by atoms with E-state index < -0.39 is 29.3 Å². The molecular weight excluding hydrogens is 329 g/mol. The number of nitrogens with one attached hydrogen (secondary N) is 1. The van der Waals surface area contributed by atoms with Gasteiger partial charge >= 0.3 is 5.97 Å². The Morgan fingerprint density at radius 2 is 1.88 bits per heavy atom. The largest absolute Gasteiger partial charge is 0.494 e. The third kappa shape index (κ3) is 6.01. The lowest BCUT2D eigenvalue weighted by molar-refractivity contribution is -0.143. The first-order valence-corrected chi connectivity index (χ1v) is 8.34. The molecule has 0 heterocycles. The minimum absolute atomic E-state index is 0.0144. The van der Waals surface area contributed by atoms with Gasteiger partial charge in [0.2, 0.25) is 5.91 Å². The topological polar surface area (TPSA) is 95.9 Å². The zero-order chi connectivity index (χ0) is 19.0. The molecule has 0 aromatic heterocycles. The van der Waals surface area contributed by atoms with Gasteiger partial charge in [-0.05, 0) is 30.5 Å². The highest BCUT2D eigenvalue weighted by molar-refractivity contribution is 5.85. The fourth-order valence-corrected chi connectivity index (χ4v) is 2.89. The molecule has 0 saturated heterocycles. The van der Waals surface area contributed by atoms with Crippen LogP contribution in [-0.4, -0.2) is 34.8 Å². The number of carbonyl (C=O) groups excluding carboxylic acids is 1. The van der Waals surface area contributed by atoms with Crippen LogP contribution in [0, 0.1) is 5.82 Å². The lowest BCUT2D eigenvalue weighted by Crippen LogP contribution is -2.40. The summed E-state index contributed by atoms with van der Waals surface area (Å²) in [5.41, 5.74) is -1.07. The first kappa shape index (κ1) is 20.9. The minimum atomic E-state index is -1.40. The number of aliphatic carboxylic acids is 1. The SMILES string of the molecule is CCCC(O)(CCC)CC(=O)NC(C(=O)O)c1ccc(OC)c(F)c1. The summed E-state index contributed by atoms with van der Waals surface area (Å²) >= 11 is 0. The van der Waals surface area contributed by atoms with E-state index in [-0.39, 0.29) is 17.7 Å². The summed E-state index contributed by atoms with van der Waals surface area (Å²) in [6.45, 7) is 3.80. The summed E-state index contributed by atoms with van der Waals surface area (Å²) in [6.07, 6.45) is 2.11. The lowest BCUT2D eigenvalue weighted by Gasteiger charge is -2.27. The van der Waals surface area contributed by atoms with E-state index in [1.54, 1.807) is 0 Å². The van der Waals surface area contributed by atoms with Crippen molar-refractivity contribution >= 4 is 11.9 Å². The second-order valence-electron chi connectivity index (χ2n) is 6.13. The van der Waals surface area contributed by atoms with E-state index in [0.29, 0.717) is 25.7 Å². The zero-order valence-corrected chi connectivity index (χ0v) is 14.8. The fourth-order valence-electron chi connectivity index (χ4n) is 2.89. The van der Waals surface area contributed by atoms with Gasteiger partial charge in [0.1, 0.15) is 0 Å². The molecular formula is C18H26FNO5. The standard InChI is InChI=1S/C18H26FNO5/c1-4-8-18(24,9-5-2)11-15(21)20-16(17(22)23)12-6-7-14(25-3)13(19)10-12/h6-7,10,16,24H,4-5,8-9,11H2,1-3H3,(H,20,21)(H,22,23). The number of methoxy groups -OCH3 is 1. The van der Waals surface area contributed by atoms with Gasteiger partial charge in [-0.1, -0.05) is 32.8 Å². The molecule has 7 heteroatoms. The summed E-state index contributed by atoms with van der Waals surface area (Å²) in [4.78, 5) is 23.7. The van der Waals surface area contributed by atoms with Crippen molar-refractivity contribution in [3.63, 3.8) is 0 Å². The summed E-state index contributed by atoms with van der Waals surface area (Å²) < 4.78 is 18.6. The molecule has 0 aliphatic rings. The molecule has 0 radical (unpaired) electrons. The van der Waals surface area contributed by atoms with Crippen LogP contribution in [0.4, 0.5) is 4.39 Å². The molecule has 25 heavy (non-hydrogen) atoms. The monoisotopic (exact) mass is 355 g/mol. The number of carboxylic acid groups (broad SMARTS) is 1. The Kier molecular flexibility index (Phi) is 7.83. The number of amides is 1. The van der Waals surface area contributed by atoms with Crippen molar-refractivity contribution in [1.29, 1.82) is 0 Å². The van der Waals surface area contributed by atoms with E-state index in [9.17, 15) is 24.2 Å². The van der Waals surface area contributed by atoms with E-state index in [1.165, 1.54) is 19.2 Å². The third-order valence-electron chi connectivity index (χ3n) is 3.98. The van der Waals surface area contributed by atoms with Crippen LogP contribution in [0.1, 0.15) is 57.6 Å². The molecule has 1 unspecified atom stereocenters. The normalized spacial score (nSPS) is 12.5. The molecule has 1 atom stereocenters. The van der Waals surface area contributed by atoms with Gasteiger partial charge in [0.15, 0.2) is 17.6 Å². The molecule has 0 aliphatic heterocycles. The Bertz CT molecular complexity index is 599. The van der Waals surface area contributed by atoms with Crippen molar-refractivity contribution in [2.45, 2.75) is 57.6 Å². The molecule has 1 amide bonds. The Hall–Kier alpha value is -2.15. The Morgan fingerprint density at radius 3 is 2.32 bits per heavy atom. The first-order chi connectivity index (χ1) is 11.8. The first-order valence-electron chi connectivity index (χ1n) is 8.34. The van der Waals surface area contributed by atoms with Crippen LogP contribution in [0.5, 0.6) is 5.75 Å². The second-order valence-corrected chi connectivity index (χ2v) is 6.13. The van der Waals surface area contributed by atoms with Crippen molar-refractivity contribution in [1.82, 2.24) is 5.32 Å². The van der Waals surface area contributed by atoms with Crippen LogP contribution >= 0.6 is 0 Å². The highest BCUT2D eigenvalue weighted by atomic mass is 19.1. The predicted molar refractivity (Wildman–Crippen MR) is 90.9 cm³/mol. The number of halogens is 1. The van der Waals surface area contributed by atoms with Crippen molar-refractivity contribution in [3.05, 3.63) is 29.6 Å². The molecule has 0 fully saturated rings. The summed E-state index contributed by atoms with van der Waals surface area (Å²) in [7, 11) is 1.30. The number of hydrogen-bond acceptors (Lipinski definition) is 4.